The van der Waals surface area contributed by atoms with E-state index >= 15 is 0 Å². The molecular formula is C17H24FIN4S. The van der Waals surface area contributed by atoms with Crippen molar-refractivity contribution in [2.75, 3.05) is 13.6 Å². The van der Waals surface area contributed by atoms with Crippen LogP contribution in [-0.2, 0) is 19.4 Å². The van der Waals surface area contributed by atoms with Crippen LogP contribution < -0.4 is 10.6 Å². The Morgan fingerprint density at radius 1 is 1.33 bits per heavy atom. The highest BCUT2D eigenvalue weighted by Crippen LogP contribution is 2.11. The average Bonchev–Trinajstić information content (AvgIpc) is 3.00. The predicted molar refractivity (Wildman–Crippen MR) is 110 cm³/mol. The maximum atomic E-state index is 13.1. The van der Waals surface area contributed by atoms with E-state index in [0.717, 1.165) is 47.2 Å². The Balaban J connectivity index is 0.00000288. The normalized spacial score (nSPS) is 11.1. The van der Waals surface area contributed by atoms with Gasteiger partial charge in [-0.2, -0.15) is 0 Å². The standard InChI is InChI=1S/C17H23FN4S.HI/c1-4-16-22-15(11-23-16)10-21-17(19-3)20-8-7-13-5-6-14(18)9-12(13)2;/h5-6,9,11H,4,7-8,10H2,1-3H3,(H2,19,20,21);1H. The summed E-state index contributed by atoms with van der Waals surface area (Å²) >= 11 is 1.68. The number of halogens is 2. The first-order valence-electron chi connectivity index (χ1n) is 7.75. The van der Waals surface area contributed by atoms with E-state index in [0.29, 0.717) is 6.54 Å². The van der Waals surface area contributed by atoms with Crippen LogP contribution in [-0.4, -0.2) is 24.5 Å². The van der Waals surface area contributed by atoms with E-state index in [1.807, 2.05) is 13.0 Å². The lowest BCUT2D eigenvalue weighted by Crippen LogP contribution is -2.38. The molecule has 1 heterocycles. The zero-order valence-electron chi connectivity index (χ0n) is 14.2. The van der Waals surface area contributed by atoms with E-state index in [1.54, 1.807) is 24.5 Å². The number of rotatable bonds is 6. The molecule has 0 radical (unpaired) electrons. The smallest absolute Gasteiger partial charge is 0.191 e. The van der Waals surface area contributed by atoms with Gasteiger partial charge in [0.15, 0.2) is 5.96 Å². The van der Waals surface area contributed by atoms with E-state index in [1.165, 1.54) is 6.07 Å². The van der Waals surface area contributed by atoms with Crippen molar-refractivity contribution in [3.05, 3.63) is 51.2 Å². The predicted octanol–water partition coefficient (Wildman–Crippen LogP) is 3.68. The number of aryl methyl sites for hydroxylation is 2. The maximum Gasteiger partial charge on any atom is 0.191 e. The average molecular weight is 462 g/mol. The number of aromatic nitrogens is 1. The lowest BCUT2D eigenvalue weighted by Gasteiger charge is -2.12. The van der Waals surface area contributed by atoms with Gasteiger partial charge in [-0.25, -0.2) is 9.37 Å². The molecule has 2 aromatic rings. The van der Waals surface area contributed by atoms with E-state index in [-0.39, 0.29) is 29.8 Å². The molecule has 0 aliphatic rings. The number of guanidine groups is 1. The Hall–Kier alpha value is -1.22. The summed E-state index contributed by atoms with van der Waals surface area (Å²) in [4.78, 5) is 8.73. The molecule has 0 atom stereocenters. The van der Waals surface area contributed by atoms with Crippen LogP contribution in [0.5, 0.6) is 0 Å². The van der Waals surface area contributed by atoms with Crippen LogP contribution in [0.1, 0.15) is 28.8 Å². The van der Waals surface area contributed by atoms with Crippen LogP contribution in [0.4, 0.5) is 4.39 Å². The molecule has 0 unspecified atom stereocenters. The SMILES string of the molecule is CCc1nc(CNC(=NC)NCCc2ccc(F)cc2C)cs1.I. The summed E-state index contributed by atoms with van der Waals surface area (Å²) in [5, 5.41) is 9.75. The summed E-state index contributed by atoms with van der Waals surface area (Å²) in [5.41, 5.74) is 3.15. The highest BCUT2D eigenvalue weighted by atomic mass is 127. The van der Waals surface area contributed by atoms with E-state index in [2.05, 4.69) is 32.9 Å². The van der Waals surface area contributed by atoms with E-state index in [4.69, 9.17) is 0 Å². The Bertz CT molecular complexity index is 672. The Labute approximate surface area is 164 Å². The molecule has 2 N–H and O–H groups in total. The molecule has 2 rings (SSSR count). The van der Waals surface area contributed by atoms with Crippen LogP contribution in [0.3, 0.4) is 0 Å². The highest BCUT2D eigenvalue weighted by molar-refractivity contribution is 14.0. The zero-order chi connectivity index (χ0) is 16.7. The number of aliphatic imine (C=N–C) groups is 1. The maximum absolute atomic E-state index is 13.1. The largest absolute Gasteiger partial charge is 0.356 e. The van der Waals surface area contributed by atoms with Gasteiger partial charge in [0.2, 0.25) is 0 Å². The molecule has 0 saturated carbocycles. The molecule has 0 aliphatic carbocycles. The van der Waals surface area contributed by atoms with Crippen LogP contribution >= 0.6 is 35.3 Å². The summed E-state index contributed by atoms with van der Waals surface area (Å²) in [6, 6.07) is 4.91. The third-order valence-corrected chi connectivity index (χ3v) is 4.60. The molecule has 24 heavy (non-hydrogen) atoms. The number of hydrogen-bond acceptors (Lipinski definition) is 3. The van der Waals surface area contributed by atoms with Gasteiger partial charge in [0.1, 0.15) is 5.82 Å². The molecule has 0 fully saturated rings. The molecule has 0 bridgehead atoms. The molecule has 132 valence electrons. The molecule has 0 saturated heterocycles. The number of nitrogens with zero attached hydrogens (tertiary/aromatic N) is 2. The lowest BCUT2D eigenvalue weighted by molar-refractivity contribution is 0.625. The van der Waals surface area contributed by atoms with Crippen LogP contribution in [0.15, 0.2) is 28.6 Å². The van der Waals surface area contributed by atoms with Gasteiger partial charge in [0, 0.05) is 19.0 Å². The van der Waals surface area contributed by atoms with Gasteiger partial charge in [0.25, 0.3) is 0 Å². The third-order valence-electron chi connectivity index (χ3n) is 3.55. The Morgan fingerprint density at radius 2 is 2.12 bits per heavy atom. The summed E-state index contributed by atoms with van der Waals surface area (Å²) in [6.07, 6.45) is 1.79. The number of nitrogens with one attached hydrogen (secondary N) is 2. The van der Waals surface area contributed by atoms with Crippen molar-refractivity contribution in [1.29, 1.82) is 0 Å². The zero-order valence-corrected chi connectivity index (χ0v) is 17.4. The van der Waals surface area contributed by atoms with Crippen molar-refractivity contribution in [1.82, 2.24) is 15.6 Å². The second-order valence-corrected chi connectivity index (χ2v) is 6.20. The van der Waals surface area contributed by atoms with E-state index < -0.39 is 0 Å². The monoisotopic (exact) mass is 462 g/mol. The van der Waals surface area contributed by atoms with Crippen molar-refractivity contribution in [3.63, 3.8) is 0 Å². The van der Waals surface area contributed by atoms with Crippen LogP contribution in [0.25, 0.3) is 0 Å². The first-order valence-corrected chi connectivity index (χ1v) is 8.63. The van der Waals surface area contributed by atoms with E-state index in [9.17, 15) is 4.39 Å². The summed E-state index contributed by atoms with van der Waals surface area (Å²) in [7, 11) is 1.75. The van der Waals surface area contributed by atoms with Gasteiger partial charge in [0.05, 0.1) is 17.2 Å². The fourth-order valence-corrected chi connectivity index (χ4v) is 2.99. The van der Waals surface area contributed by atoms with Crippen LogP contribution in [0, 0.1) is 12.7 Å². The van der Waals surface area contributed by atoms with Crippen LogP contribution in [0.2, 0.25) is 0 Å². The fraction of sp³-hybridized carbons (Fsp3) is 0.412. The molecule has 0 spiro atoms. The highest BCUT2D eigenvalue weighted by Gasteiger charge is 2.04. The van der Waals surface area contributed by atoms with Crippen molar-refractivity contribution in [2.24, 2.45) is 4.99 Å². The first-order chi connectivity index (χ1) is 11.1. The quantitative estimate of drug-likeness (QED) is 0.391. The summed E-state index contributed by atoms with van der Waals surface area (Å²) < 4.78 is 13.1. The minimum Gasteiger partial charge on any atom is -0.356 e. The second kappa shape index (κ2) is 10.6. The molecule has 4 nitrogen and oxygen atoms in total. The van der Waals surface area contributed by atoms with Crippen molar-refractivity contribution in [3.8, 4) is 0 Å². The third kappa shape index (κ3) is 6.35. The second-order valence-electron chi connectivity index (χ2n) is 5.26. The van der Waals surface area contributed by atoms with Gasteiger partial charge in [-0.15, -0.1) is 35.3 Å². The lowest BCUT2D eigenvalue weighted by atomic mass is 10.1. The molecule has 1 aromatic carbocycles. The minimum atomic E-state index is -0.189. The first kappa shape index (κ1) is 20.8. The number of thiazole rings is 1. The topological polar surface area (TPSA) is 49.3 Å². The molecular weight excluding hydrogens is 438 g/mol. The fourth-order valence-electron chi connectivity index (χ4n) is 2.24. The van der Waals surface area contributed by atoms with Gasteiger partial charge in [-0.3, -0.25) is 4.99 Å². The molecule has 0 amide bonds. The summed E-state index contributed by atoms with van der Waals surface area (Å²) in [5.74, 6) is 0.558. The van der Waals surface area contributed by atoms with Crippen molar-refractivity contribution < 1.29 is 4.39 Å². The van der Waals surface area contributed by atoms with Gasteiger partial charge in [-0.1, -0.05) is 13.0 Å². The van der Waals surface area contributed by atoms with Crippen molar-refractivity contribution >= 4 is 41.3 Å². The molecule has 1 aromatic heterocycles. The minimum absolute atomic E-state index is 0. The Morgan fingerprint density at radius 3 is 2.75 bits per heavy atom. The number of hydrogen-bond donors (Lipinski definition) is 2. The van der Waals surface area contributed by atoms with Gasteiger partial charge < -0.3 is 10.6 Å². The Kier molecular flexibility index (Phi) is 9.20. The van der Waals surface area contributed by atoms with Gasteiger partial charge in [-0.05, 0) is 43.0 Å². The van der Waals surface area contributed by atoms with Crippen molar-refractivity contribution in [2.45, 2.75) is 33.2 Å². The molecule has 7 heteroatoms. The molecule has 0 aliphatic heterocycles. The van der Waals surface area contributed by atoms with Gasteiger partial charge >= 0.3 is 0 Å². The number of benzene rings is 1. The summed E-state index contributed by atoms with van der Waals surface area (Å²) in [6.45, 7) is 5.43.